The Kier molecular flexibility index (Phi) is 42.2. The molecule has 2 fully saturated rings. The van der Waals surface area contributed by atoms with Crippen LogP contribution in [-0.4, -0.2) is 106 Å². The molecule has 33 nitrogen and oxygen atoms in total. The molecule has 40 heteroatoms. The first kappa shape index (κ1) is 72.4. The Morgan fingerprint density at radius 2 is 0.515 bits per heavy atom. The zero-order valence-corrected chi connectivity index (χ0v) is 42.6. The smallest absolute Gasteiger partial charge is 0.120 e. The maximum Gasteiger partial charge on any atom is 0.120 e. The molecule has 0 saturated heterocycles. The number of ether oxygens (including phenoxy) is 5. The zero-order valence-electron chi connectivity index (χ0n) is 36.3. The van der Waals surface area contributed by atoms with Crippen LogP contribution in [0, 0.1) is 0 Å². The van der Waals surface area contributed by atoms with Gasteiger partial charge in [0.05, 0.1) is 57.4 Å². The van der Waals surface area contributed by atoms with Crippen LogP contribution in [0.2, 0.25) is 0 Å². The summed E-state index contributed by atoms with van der Waals surface area (Å²) in [5.41, 5.74) is 0. The predicted octanol–water partition coefficient (Wildman–Crippen LogP) is -8.14. The Balaban J connectivity index is -0.00000106. The van der Waals surface area contributed by atoms with Gasteiger partial charge in [-0.2, -0.15) is 0 Å². The van der Waals surface area contributed by atoms with E-state index in [4.69, 9.17) is 52.1 Å². The molecule has 0 aromatic carbocycles. The van der Waals surface area contributed by atoms with E-state index in [0.717, 1.165) is 0 Å². The first-order valence-corrected chi connectivity index (χ1v) is 27.4. The molecule has 12 atom stereocenters. The summed E-state index contributed by atoms with van der Waals surface area (Å²) in [4.78, 5) is 127. The van der Waals surface area contributed by atoms with E-state index in [2.05, 4.69) is 32.8 Å². The van der Waals surface area contributed by atoms with Gasteiger partial charge in [-0.15, -0.1) is 0 Å². The first-order chi connectivity index (χ1) is 31.7. The van der Waals surface area contributed by atoms with E-state index in [1.54, 1.807) is 27.7 Å². The van der Waals surface area contributed by atoms with Gasteiger partial charge in [-0.05, 0) is 32.1 Å². The van der Waals surface area contributed by atoms with Crippen LogP contribution in [0.5, 0.6) is 0 Å². The Morgan fingerprint density at radius 1 is 0.338 bits per heavy atom. The number of unbranched alkanes of at least 4 members (excludes halogenated alkanes) is 1. The van der Waals surface area contributed by atoms with Crippen LogP contribution in [0.1, 0.15) is 73.1 Å². The summed E-state index contributed by atoms with van der Waals surface area (Å²) in [6, 6.07) is 0. The summed E-state index contributed by atoms with van der Waals surface area (Å²) in [6.07, 6.45) is -18.8. The van der Waals surface area contributed by atoms with Gasteiger partial charge in [0.1, 0.15) is 73.2 Å². The van der Waals surface area contributed by atoms with Crippen molar-refractivity contribution in [2.45, 2.75) is 146 Å². The largest absolute Gasteiger partial charge is 0.790 e. The van der Waals surface area contributed by atoms with Gasteiger partial charge < -0.3 is 144 Å². The van der Waals surface area contributed by atoms with Crippen LogP contribution in [0.25, 0.3) is 0 Å². The third kappa shape index (κ3) is 31.0. The molecule has 2 saturated carbocycles. The summed E-state index contributed by atoms with van der Waals surface area (Å²) < 4.78 is 115. The van der Waals surface area contributed by atoms with Gasteiger partial charge in [0.2, 0.25) is 0 Å². The summed E-state index contributed by atoms with van der Waals surface area (Å²) >= 11 is 0. The highest BCUT2D eigenvalue weighted by Crippen LogP contribution is 2.44. The topological polar surface area (TPSA) is 553 Å². The second-order valence-electron chi connectivity index (χ2n) is 13.0. The minimum Gasteiger partial charge on any atom is -0.790 e. The fourth-order valence-electron chi connectivity index (χ4n) is 5.98. The maximum absolute atomic E-state index is 11.6. The lowest BCUT2D eigenvalue weighted by Crippen LogP contribution is -2.69. The third-order valence-corrected chi connectivity index (χ3v) is 10.1. The molecule has 408 valence electrons. The molecule has 0 amide bonds. The van der Waals surface area contributed by atoms with Gasteiger partial charge in [-0.25, -0.2) is 0 Å². The average molecular weight is 1130 g/mol. The average Bonchev–Trinajstić information content (AvgIpc) is 3.22. The van der Waals surface area contributed by atoms with Crippen molar-refractivity contribution in [1.82, 2.24) is 0 Å². The fourth-order valence-corrected chi connectivity index (χ4v) is 8.13. The second-order valence-corrected chi connectivity index (χ2v) is 17.9. The third-order valence-electron chi connectivity index (χ3n) is 8.09. The van der Waals surface area contributed by atoms with Crippen LogP contribution in [0.3, 0.4) is 0 Å². The molecule has 0 bridgehead atoms. The van der Waals surface area contributed by atoms with E-state index >= 15 is 0 Å². The molecule has 7 unspecified atom stereocenters. The van der Waals surface area contributed by atoms with Crippen molar-refractivity contribution in [2.75, 3.05) is 33.0 Å². The van der Waals surface area contributed by atoms with E-state index in [1.165, 1.54) is 0 Å². The molecule has 0 radical (unpaired) electrons. The zero-order chi connectivity index (χ0) is 53.3. The van der Waals surface area contributed by atoms with Crippen LogP contribution in [0.4, 0.5) is 0 Å². The van der Waals surface area contributed by atoms with E-state index in [9.17, 15) is 73.2 Å². The molecule has 2 aliphatic carbocycles. The van der Waals surface area contributed by atoms with Crippen molar-refractivity contribution in [3.05, 3.63) is 0 Å². The number of rotatable bonds is 27. The number of phosphoric ester groups is 4. The highest BCUT2D eigenvalue weighted by Gasteiger charge is 2.56. The Hall–Kier alpha value is 0.180. The van der Waals surface area contributed by atoms with Gasteiger partial charge in [0.15, 0.2) is 0 Å². The van der Waals surface area contributed by atoms with E-state index < -0.39 is 131 Å². The normalized spacial score (nSPS) is 27.7. The molecule has 2 rings (SSSR count). The number of hydrogen-bond donors (Lipinski definition) is 0. The van der Waals surface area contributed by atoms with Crippen LogP contribution in [0.15, 0.2) is 0 Å². The lowest BCUT2D eigenvalue weighted by atomic mass is 9.84. The molecule has 0 heterocycles. The quantitative estimate of drug-likeness (QED) is 0.0319. The molecular formula is C28H49O33P7-14. The van der Waals surface area contributed by atoms with Crippen molar-refractivity contribution in [2.24, 2.45) is 0 Å². The lowest BCUT2D eigenvalue weighted by Gasteiger charge is -2.54. The van der Waals surface area contributed by atoms with Crippen molar-refractivity contribution in [1.29, 1.82) is 0 Å². The van der Waals surface area contributed by atoms with Crippen molar-refractivity contribution in [3.63, 3.8) is 0 Å². The van der Waals surface area contributed by atoms with Crippen LogP contribution >= 0.6 is 57.4 Å². The standard InChI is InChI=1S/C16H34O13P2.C12H26O14P2.3HO2P/c1-4-7-10-26-13-15(28-30(18,19)20)11(24-8-5-2)14(27-17)12(25-9-6-3)16(13)29-31(21,22)23;1-3-5-21-7-9(23-13)10(24-14)12(26-28(18,19)20)8(22-6-4-2)11(7)25-27(15,16)17;3*1-3-2/h11-17H,4-10H2,1-3H3,(H2,18,19,20)(H2,21,22,23);7-14H,3-6H2,1-2H3,(H2,15,16,17)(H2,18,19,20);3*(H,1,2)/p-14/t11-,12?,13?,14?,15?,16+;7?,8?,9-,10-,11+,12?;;;/m11.../s1. The molecule has 68 heavy (non-hydrogen) atoms. The van der Waals surface area contributed by atoms with Crippen molar-refractivity contribution >= 4 is 57.4 Å². The van der Waals surface area contributed by atoms with Gasteiger partial charge in [-0.3, -0.25) is 13.7 Å². The number of phosphoric acid groups is 4. The molecule has 0 spiro atoms. The Morgan fingerprint density at radius 3 is 0.706 bits per heavy atom. The molecule has 0 aliphatic heterocycles. The van der Waals surface area contributed by atoms with Crippen LogP contribution < -0.4 is 69.6 Å². The van der Waals surface area contributed by atoms with Gasteiger partial charge in [-0.1, -0.05) is 41.0 Å². The summed E-state index contributed by atoms with van der Waals surface area (Å²) in [5.74, 6) is 0. The first-order valence-electron chi connectivity index (χ1n) is 19.3. The van der Waals surface area contributed by atoms with Gasteiger partial charge >= 0.3 is 0 Å². The summed E-state index contributed by atoms with van der Waals surface area (Å²) in [6.45, 7) is 8.35. The molecule has 2 aliphatic rings. The number of hydrogen-bond acceptors (Lipinski definition) is 33. The fraction of sp³-hybridized carbons (Fsp3) is 1.00. The Labute approximate surface area is 394 Å². The van der Waals surface area contributed by atoms with Crippen molar-refractivity contribution < 1.29 is 158 Å². The summed E-state index contributed by atoms with van der Waals surface area (Å²) in [5, 5.41) is 33.9. The van der Waals surface area contributed by atoms with Crippen molar-refractivity contribution in [3.8, 4) is 0 Å². The molecule has 0 aromatic heterocycles. The van der Waals surface area contributed by atoms with E-state index in [1.807, 2.05) is 6.92 Å². The van der Waals surface area contributed by atoms with E-state index in [-0.39, 0.29) is 33.0 Å². The van der Waals surface area contributed by atoms with Gasteiger partial charge in [0.25, 0.3) is 0 Å². The maximum atomic E-state index is 11.6. The van der Waals surface area contributed by atoms with E-state index in [0.29, 0.717) is 38.5 Å². The molecule has 0 N–H and O–H groups in total. The second kappa shape index (κ2) is 39.6. The predicted molar refractivity (Wildman–Crippen MR) is 192 cm³/mol. The molecular weight excluding hydrogens is 1080 g/mol. The van der Waals surface area contributed by atoms with Gasteiger partial charge in [0, 0.05) is 33.0 Å². The lowest BCUT2D eigenvalue weighted by molar-refractivity contribution is -0.745. The Bertz CT molecular complexity index is 1440. The van der Waals surface area contributed by atoms with Crippen LogP contribution in [-0.2, 0) is 88.4 Å². The summed E-state index contributed by atoms with van der Waals surface area (Å²) in [7, 11) is -26.1. The molecule has 0 aromatic rings. The highest BCUT2D eigenvalue weighted by molar-refractivity contribution is 7.44. The highest BCUT2D eigenvalue weighted by atomic mass is 31.2. The monoisotopic (exact) mass is 1130 g/mol. The SMILES string of the molecule is CCCCOC1C(OP(=O)([O-])[O-])[C@H](OCCC)C(O[O-])C(OCCC)[C@@H]1OP(=O)([O-])[O-].CCCOC1C(OP(=O)([O-])[O-])[C@H](O[O-])[C@H](O[O-])C(OCCC)[C@@H]1OP(=O)([O-])[O-].O=P[O-].O=P[O-].O=P[O-]. The minimum absolute atomic E-state index is 0.0156. The minimum atomic E-state index is -5.79.